The Morgan fingerprint density at radius 2 is 1.80 bits per heavy atom. The van der Waals surface area contributed by atoms with E-state index in [1.165, 1.54) is 19.1 Å². The van der Waals surface area contributed by atoms with E-state index in [9.17, 15) is 14.0 Å². The lowest BCUT2D eigenvalue weighted by Gasteiger charge is -2.48. The number of rotatable bonds is 7. The molecule has 2 fully saturated rings. The van der Waals surface area contributed by atoms with Gasteiger partial charge in [-0.05, 0) is 49.8 Å². The Kier molecular flexibility index (Phi) is 7.61. The maximum absolute atomic E-state index is 13.0. The summed E-state index contributed by atoms with van der Waals surface area (Å²) in [5, 5.41) is 0. The fraction of sp³-hybridized carbons (Fsp3) is 0.565. The van der Waals surface area contributed by atoms with E-state index < -0.39 is 5.54 Å². The molecule has 1 amide bonds. The van der Waals surface area contributed by atoms with Crippen LogP contribution in [-0.4, -0.2) is 66.0 Å². The second kappa shape index (κ2) is 10.2. The number of primary amides is 1. The summed E-state index contributed by atoms with van der Waals surface area (Å²) < 4.78 is 18.3. The minimum atomic E-state index is -0.596. The van der Waals surface area contributed by atoms with Crippen molar-refractivity contribution in [3.63, 3.8) is 0 Å². The molecule has 30 heavy (non-hydrogen) atoms. The van der Waals surface area contributed by atoms with Gasteiger partial charge in [0, 0.05) is 39.6 Å². The van der Waals surface area contributed by atoms with Crippen molar-refractivity contribution in [3.05, 3.63) is 41.7 Å². The van der Waals surface area contributed by atoms with Crippen LogP contribution < -0.4 is 5.73 Å². The summed E-state index contributed by atoms with van der Waals surface area (Å²) in [5.74, 6) is -0.724. The van der Waals surface area contributed by atoms with Crippen molar-refractivity contribution in [2.75, 3.05) is 32.7 Å². The van der Waals surface area contributed by atoms with Crippen molar-refractivity contribution in [1.82, 2.24) is 9.80 Å². The van der Waals surface area contributed by atoms with E-state index in [0.29, 0.717) is 0 Å². The molecule has 2 aliphatic rings. The number of nitrogens with two attached hydrogens (primary N) is 1. The van der Waals surface area contributed by atoms with E-state index in [0.717, 1.165) is 70.4 Å². The summed E-state index contributed by atoms with van der Waals surface area (Å²) in [6, 6.07) is 6.45. The normalized spacial score (nSPS) is 21.0. The van der Waals surface area contributed by atoms with E-state index in [2.05, 4.69) is 15.9 Å². The molecule has 0 atom stereocenters. The molecule has 0 spiro atoms. The highest BCUT2D eigenvalue weighted by Gasteiger charge is 2.45. The molecule has 2 saturated heterocycles. The lowest BCUT2D eigenvalue weighted by Crippen LogP contribution is -2.64. The number of piperidine rings is 2. The zero-order valence-electron chi connectivity index (χ0n) is 17.7. The number of esters is 1. The van der Waals surface area contributed by atoms with Crippen LogP contribution in [0.15, 0.2) is 30.3 Å². The summed E-state index contributed by atoms with van der Waals surface area (Å²) in [5.41, 5.74) is 6.26. The Balaban J connectivity index is 1.47. The van der Waals surface area contributed by atoms with E-state index in [4.69, 9.17) is 10.5 Å². The Bertz CT molecular complexity index is 749. The molecule has 6 nitrogen and oxygen atoms in total. The molecule has 1 aromatic carbocycles. The second-order valence-electron chi connectivity index (χ2n) is 8.28. The van der Waals surface area contributed by atoms with Crippen LogP contribution in [0, 0.1) is 5.82 Å². The van der Waals surface area contributed by atoms with Gasteiger partial charge in [-0.25, -0.2) is 4.39 Å². The number of ether oxygens (including phenoxy) is 1. The van der Waals surface area contributed by atoms with Crippen LogP contribution in [-0.2, 0) is 14.3 Å². The number of carbonyl (C=O) groups is 2. The summed E-state index contributed by atoms with van der Waals surface area (Å²) in [7, 11) is 0. The summed E-state index contributed by atoms with van der Waals surface area (Å²) in [6.07, 6.45) is 7.88. The summed E-state index contributed by atoms with van der Waals surface area (Å²) in [4.78, 5) is 28.2. The average Bonchev–Trinajstić information content (AvgIpc) is 2.73. The first-order chi connectivity index (χ1) is 14.4. The molecular formula is C23H32FN3O3. The zero-order valence-corrected chi connectivity index (χ0v) is 17.7. The van der Waals surface area contributed by atoms with Crippen LogP contribution in [0.1, 0.15) is 44.6 Å². The number of carbonyl (C=O) groups excluding carboxylic acids is 2. The van der Waals surface area contributed by atoms with Gasteiger partial charge in [-0.2, -0.15) is 0 Å². The predicted molar refractivity (Wildman–Crippen MR) is 114 cm³/mol. The molecule has 0 unspecified atom stereocenters. The molecule has 0 aliphatic carbocycles. The minimum Gasteiger partial charge on any atom is -0.462 e. The average molecular weight is 418 g/mol. The molecule has 2 aliphatic heterocycles. The second-order valence-corrected chi connectivity index (χ2v) is 8.28. The highest BCUT2D eigenvalue weighted by molar-refractivity contribution is 5.85. The van der Waals surface area contributed by atoms with Gasteiger partial charge >= 0.3 is 5.97 Å². The van der Waals surface area contributed by atoms with Crippen LogP contribution in [0.5, 0.6) is 0 Å². The van der Waals surface area contributed by atoms with E-state index in [-0.39, 0.29) is 23.8 Å². The Hall–Kier alpha value is -2.25. The van der Waals surface area contributed by atoms with Gasteiger partial charge in [-0.15, -0.1) is 0 Å². The first-order valence-corrected chi connectivity index (χ1v) is 10.8. The monoisotopic (exact) mass is 417 g/mol. The number of hydrogen-bond donors (Lipinski definition) is 1. The maximum atomic E-state index is 13.0. The van der Waals surface area contributed by atoms with E-state index in [1.54, 1.807) is 12.1 Å². The SMILES string of the molecule is CC(=O)OC1CCN(C2(C(N)=O)CCN(CC/C=C/c3ccc(F)cc3)CC2)CC1. The molecular weight excluding hydrogens is 385 g/mol. The van der Waals surface area contributed by atoms with Crippen molar-refractivity contribution in [2.45, 2.75) is 50.7 Å². The third-order valence-electron chi connectivity index (χ3n) is 6.31. The van der Waals surface area contributed by atoms with Crippen LogP contribution in [0.2, 0.25) is 0 Å². The number of benzene rings is 1. The maximum Gasteiger partial charge on any atom is 0.302 e. The van der Waals surface area contributed by atoms with Crippen molar-refractivity contribution in [1.29, 1.82) is 0 Å². The highest BCUT2D eigenvalue weighted by Crippen LogP contribution is 2.32. The molecule has 164 valence electrons. The number of amides is 1. The molecule has 1 aromatic rings. The number of hydrogen-bond acceptors (Lipinski definition) is 5. The zero-order chi connectivity index (χ0) is 21.6. The third kappa shape index (κ3) is 5.67. The summed E-state index contributed by atoms with van der Waals surface area (Å²) >= 11 is 0. The number of nitrogens with zero attached hydrogens (tertiary/aromatic N) is 2. The Labute approximate surface area is 177 Å². The van der Waals surface area contributed by atoms with Gasteiger partial charge in [0.05, 0.1) is 0 Å². The fourth-order valence-corrected chi connectivity index (χ4v) is 4.55. The molecule has 2 N–H and O–H groups in total. The van der Waals surface area contributed by atoms with Gasteiger partial charge in [0.1, 0.15) is 17.5 Å². The number of likely N-dealkylation sites (tertiary alicyclic amines) is 2. The molecule has 3 rings (SSSR count). The van der Waals surface area contributed by atoms with Crippen LogP contribution in [0.25, 0.3) is 6.08 Å². The fourth-order valence-electron chi connectivity index (χ4n) is 4.55. The van der Waals surface area contributed by atoms with E-state index >= 15 is 0 Å². The molecule has 0 aromatic heterocycles. The molecule has 7 heteroatoms. The van der Waals surface area contributed by atoms with Crippen LogP contribution >= 0.6 is 0 Å². The van der Waals surface area contributed by atoms with Crippen molar-refractivity contribution in [2.24, 2.45) is 5.73 Å². The predicted octanol–water partition coefficient (Wildman–Crippen LogP) is 2.58. The van der Waals surface area contributed by atoms with Gasteiger partial charge in [0.25, 0.3) is 0 Å². The Morgan fingerprint density at radius 1 is 1.17 bits per heavy atom. The largest absolute Gasteiger partial charge is 0.462 e. The standard InChI is InChI=1S/C23H32FN3O3/c1-18(28)30-21-9-14-27(15-10-21)23(22(25)29)11-16-26(17-12-23)13-3-2-4-19-5-7-20(24)8-6-19/h2,4-8,21H,3,9-17H2,1H3,(H2,25,29)/b4-2+. The lowest BCUT2D eigenvalue weighted by molar-refractivity contribution is -0.151. The van der Waals surface area contributed by atoms with Gasteiger partial charge < -0.3 is 15.4 Å². The highest BCUT2D eigenvalue weighted by atomic mass is 19.1. The molecule has 0 bridgehead atoms. The number of halogens is 1. The van der Waals surface area contributed by atoms with Gasteiger partial charge in [-0.3, -0.25) is 14.5 Å². The molecule has 0 saturated carbocycles. The van der Waals surface area contributed by atoms with Gasteiger partial charge in [0.15, 0.2) is 0 Å². The van der Waals surface area contributed by atoms with Crippen LogP contribution in [0.3, 0.4) is 0 Å². The topological polar surface area (TPSA) is 75.9 Å². The molecule has 2 heterocycles. The first kappa shape index (κ1) is 22.4. The quantitative estimate of drug-likeness (QED) is 0.690. The smallest absolute Gasteiger partial charge is 0.302 e. The van der Waals surface area contributed by atoms with Gasteiger partial charge in [-0.1, -0.05) is 24.3 Å². The van der Waals surface area contributed by atoms with Crippen molar-refractivity contribution >= 4 is 18.0 Å². The lowest BCUT2D eigenvalue weighted by atomic mass is 9.83. The van der Waals surface area contributed by atoms with Crippen molar-refractivity contribution in [3.8, 4) is 0 Å². The van der Waals surface area contributed by atoms with Gasteiger partial charge in [0.2, 0.25) is 5.91 Å². The van der Waals surface area contributed by atoms with Crippen LogP contribution in [0.4, 0.5) is 4.39 Å². The first-order valence-electron chi connectivity index (χ1n) is 10.8. The molecule has 0 radical (unpaired) electrons. The third-order valence-corrected chi connectivity index (χ3v) is 6.31. The Morgan fingerprint density at radius 3 is 2.37 bits per heavy atom. The summed E-state index contributed by atoms with van der Waals surface area (Å²) in [6.45, 7) is 5.46. The van der Waals surface area contributed by atoms with Crippen molar-refractivity contribution < 1.29 is 18.7 Å². The van der Waals surface area contributed by atoms with E-state index in [1.807, 2.05) is 6.08 Å². The minimum absolute atomic E-state index is 0.0586.